The number of hydrogen-bond acceptors (Lipinski definition) is 7. The van der Waals surface area contributed by atoms with Crippen molar-refractivity contribution < 1.29 is 28.7 Å². The van der Waals surface area contributed by atoms with Gasteiger partial charge in [-0.05, 0) is 20.3 Å². The average molecular weight is 431 g/mol. The number of nitrogens with one attached hydrogen (secondary N) is 2. The number of ether oxygens (including phenoxy) is 2. The van der Waals surface area contributed by atoms with Crippen LogP contribution >= 0.6 is 11.8 Å². The Morgan fingerprint density at radius 1 is 1.03 bits per heavy atom. The fraction of sp³-hybridized carbons (Fsp3) is 0.800. The third-order valence-electron chi connectivity index (χ3n) is 4.35. The lowest BCUT2D eigenvalue weighted by atomic mass is 9.85. The maximum Gasteiger partial charge on any atom is 0.249 e. The van der Waals surface area contributed by atoms with Crippen LogP contribution in [0.15, 0.2) is 0 Å². The molecule has 0 radical (unpaired) electrons. The minimum atomic E-state index is -0.828. The molecule has 0 aromatic carbocycles. The first-order valence-electron chi connectivity index (χ1n) is 10.0. The molecule has 1 saturated heterocycles. The Hall–Kier alpha value is -1.45. The summed E-state index contributed by atoms with van der Waals surface area (Å²) in [5.74, 6) is -0.949. The number of rotatable bonds is 11. The van der Waals surface area contributed by atoms with E-state index < -0.39 is 17.3 Å². The first-order chi connectivity index (χ1) is 13.5. The van der Waals surface area contributed by atoms with Crippen LogP contribution < -0.4 is 10.6 Å². The molecular formula is C20H34N2O6S. The SMILES string of the molecule is CCCC(=O)CC(=O)SCCNC(=O)CCNC(=O)[C@@H]1OC(C)(C)OCC1(C)C. The van der Waals surface area contributed by atoms with Crippen LogP contribution in [0.4, 0.5) is 0 Å². The molecule has 0 unspecified atom stereocenters. The van der Waals surface area contributed by atoms with Crippen molar-refractivity contribution in [3.63, 3.8) is 0 Å². The molecule has 1 aliphatic rings. The summed E-state index contributed by atoms with van der Waals surface area (Å²) in [6, 6.07) is 0. The fourth-order valence-electron chi connectivity index (χ4n) is 2.74. The Morgan fingerprint density at radius 2 is 1.72 bits per heavy atom. The third-order valence-corrected chi connectivity index (χ3v) is 5.22. The Morgan fingerprint density at radius 3 is 2.38 bits per heavy atom. The molecule has 29 heavy (non-hydrogen) atoms. The van der Waals surface area contributed by atoms with E-state index in [4.69, 9.17) is 9.47 Å². The van der Waals surface area contributed by atoms with Gasteiger partial charge in [0.25, 0.3) is 0 Å². The monoisotopic (exact) mass is 430 g/mol. The van der Waals surface area contributed by atoms with E-state index in [0.29, 0.717) is 25.3 Å². The summed E-state index contributed by atoms with van der Waals surface area (Å²) in [4.78, 5) is 47.4. The zero-order chi connectivity index (χ0) is 22.1. The van der Waals surface area contributed by atoms with Crippen LogP contribution in [-0.4, -0.2) is 60.1 Å². The van der Waals surface area contributed by atoms with Crippen LogP contribution in [0.5, 0.6) is 0 Å². The van der Waals surface area contributed by atoms with Gasteiger partial charge in [0, 0.05) is 37.1 Å². The van der Waals surface area contributed by atoms with Crippen molar-refractivity contribution in [1.82, 2.24) is 10.6 Å². The minimum absolute atomic E-state index is 0.0511. The van der Waals surface area contributed by atoms with E-state index in [-0.39, 0.29) is 42.1 Å². The second kappa shape index (κ2) is 11.7. The van der Waals surface area contributed by atoms with Crippen molar-refractivity contribution in [2.75, 3.05) is 25.4 Å². The highest BCUT2D eigenvalue weighted by molar-refractivity contribution is 8.13. The highest BCUT2D eigenvalue weighted by atomic mass is 32.2. The molecule has 1 atom stereocenters. The number of carbonyl (C=O) groups is 4. The van der Waals surface area contributed by atoms with Gasteiger partial charge in [-0.2, -0.15) is 0 Å². The molecule has 2 amide bonds. The molecule has 1 fully saturated rings. The standard InChI is InChI=1S/C20H34N2O6S/c1-6-7-14(23)12-16(25)29-11-10-21-15(24)8-9-22-18(26)17-19(2,3)13-27-20(4,5)28-17/h17H,6-13H2,1-5H3,(H,21,24)(H,22,26)/t17-/m0/s1. The van der Waals surface area contributed by atoms with Gasteiger partial charge in [-0.15, -0.1) is 0 Å². The van der Waals surface area contributed by atoms with E-state index in [1.807, 2.05) is 20.8 Å². The van der Waals surface area contributed by atoms with Crippen molar-refractivity contribution in [1.29, 1.82) is 0 Å². The van der Waals surface area contributed by atoms with Gasteiger partial charge in [0.15, 0.2) is 10.9 Å². The molecular weight excluding hydrogens is 396 g/mol. The highest BCUT2D eigenvalue weighted by Crippen LogP contribution is 2.34. The first-order valence-corrected chi connectivity index (χ1v) is 11.0. The van der Waals surface area contributed by atoms with Crippen LogP contribution in [0.25, 0.3) is 0 Å². The van der Waals surface area contributed by atoms with Crippen molar-refractivity contribution in [2.24, 2.45) is 5.41 Å². The molecule has 1 rings (SSSR count). The molecule has 0 aromatic heterocycles. The van der Waals surface area contributed by atoms with Gasteiger partial charge in [0.05, 0.1) is 13.0 Å². The van der Waals surface area contributed by atoms with Gasteiger partial charge in [-0.3, -0.25) is 19.2 Å². The van der Waals surface area contributed by atoms with E-state index in [9.17, 15) is 19.2 Å². The zero-order valence-electron chi connectivity index (χ0n) is 18.1. The minimum Gasteiger partial charge on any atom is -0.355 e. The van der Waals surface area contributed by atoms with Crippen LogP contribution in [0, 0.1) is 5.41 Å². The zero-order valence-corrected chi connectivity index (χ0v) is 18.9. The van der Waals surface area contributed by atoms with E-state index in [0.717, 1.165) is 18.2 Å². The molecule has 0 aliphatic carbocycles. The third kappa shape index (κ3) is 9.73. The van der Waals surface area contributed by atoms with E-state index in [1.165, 1.54) is 0 Å². The average Bonchev–Trinajstić information content (AvgIpc) is 2.61. The fourth-order valence-corrected chi connectivity index (χ4v) is 3.43. The molecule has 8 nitrogen and oxygen atoms in total. The quantitative estimate of drug-likeness (QED) is 0.380. The van der Waals surface area contributed by atoms with Gasteiger partial charge in [-0.1, -0.05) is 32.5 Å². The van der Waals surface area contributed by atoms with Gasteiger partial charge in [0.2, 0.25) is 11.8 Å². The predicted octanol–water partition coefficient (Wildman–Crippen LogP) is 1.81. The second-order valence-electron chi connectivity index (χ2n) is 8.25. The number of ketones is 1. The summed E-state index contributed by atoms with van der Waals surface area (Å²) < 4.78 is 11.4. The maximum atomic E-state index is 12.5. The first kappa shape index (κ1) is 25.6. The normalized spacial score (nSPS) is 20.0. The summed E-state index contributed by atoms with van der Waals surface area (Å²) in [7, 11) is 0. The molecule has 0 aromatic rings. The van der Waals surface area contributed by atoms with Crippen molar-refractivity contribution in [2.45, 2.75) is 72.2 Å². The molecule has 1 aliphatic heterocycles. The van der Waals surface area contributed by atoms with Crippen LogP contribution in [-0.2, 0) is 28.7 Å². The predicted molar refractivity (Wildman–Crippen MR) is 111 cm³/mol. The number of amides is 2. The van der Waals surface area contributed by atoms with Crippen molar-refractivity contribution in [3.05, 3.63) is 0 Å². The second-order valence-corrected chi connectivity index (χ2v) is 9.40. The molecule has 166 valence electrons. The number of carbonyl (C=O) groups excluding carboxylic acids is 4. The summed E-state index contributed by atoms with van der Waals surface area (Å²) in [5, 5.41) is 5.27. The lowest BCUT2D eigenvalue weighted by Crippen LogP contribution is -2.56. The van der Waals surface area contributed by atoms with Gasteiger partial charge in [-0.25, -0.2) is 0 Å². The van der Waals surface area contributed by atoms with Crippen LogP contribution in [0.1, 0.15) is 60.3 Å². The van der Waals surface area contributed by atoms with Crippen molar-refractivity contribution >= 4 is 34.5 Å². The molecule has 9 heteroatoms. The van der Waals surface area contributed by atoms with Crippen molar-refractivity contribution in [3.8, 4) is 0 Å². The van der Waals surface area contributed by atoms with Gasteiger partial charge >= 0.3 is 0 Å². The summed E-state index contributed by atoms with van der Waals surface area (Å²) in [6.07, 6.45) is 0.570. The smallest absolute Gasteiger partial charge is 0.249 e. The topological polar surface area (TPSA) is 111 Å². The summed E-state index contributed by atoms with van der Waals surface area (Å²) >= 11 is 1.05. The molecule has 0 saturated carbocycles. The summed E-state index contributed by atoms with van der Waals surface area (Å²) in [5.41, 5.74) is -0.468. The molecule has 1 heterocycles. The lowest BCUT2D eigenvalue weighted by Gasteiger charge is -2.44. The molecule has 2 N–H and O–H groups in total. The van der Waals surface area contributed by atoms with E-state index in [1.54, 1.807) is 13.8 Å². The number of Topliss-reactive ketones (excluding diaryl/α,β-unsaturated/α-hetero) is 1. The maximum absolute atomic E-state index is 12.5. The Bertz CT molecular complexity index is 606. The van der Waals surface area contributed by atoms with E-state index >= 15 is 0 Å². The molecule has 0 bridgehead atoms. The number of hydrogen-bond donors (Lipinski definition) is 2. The highest BCUT2D eigenvalue weighted by Gasteiger charge is 2.45. The largest absolute Gasteiger partial charge is 0.355 e. The Kier molecular flexibility index (Phi) is 10.3. The Balaban J connectivity index is 2.22. The number of thioether (sulfide) groups is 1. The van der Waals surface area contributed by atoms with Crippen LogP contribution in [0.2, 0.25) is 0 Å². The van der Waals surface area contributed by atoms with Gasteiger partial charge < -0.3 is 20.1 Å². The van der Waals surface area contributed by atoms with Crippen LogP contribution in [0.3, 0.4) is 0 Å². The van der Waals surface area contributed by atoms with E-state index in [2.05, 4.69) is 10.6 Å². The summed E-state index contributed by atoms with van der Waals surface area (Å²) in [6.45, 7) is 10.1. The molecule has 0 spiro atoms. The lowest BCUT2D eigenvalue weighted by molar-refractivity contribution is -0.304. The Labute approximate surface area is 177 Å². The van der Waals surface area contributed by atoms with Gasteiger partial charge in [0.1, 0.15) is 11.9 Å².